The fraction of sp³-hybridized carbons (Fsp3) is 0.125. The molecule has 0 saturated carbocycles. The van der Waals surface area contributed by atoms with Crippen LogP contribution in [0.2, 0.25) is 10.0 Å². The Bertz CT molecular complexity index is 1260. The minimum Gasteiger partial charge on any atom is -0.489 e. The first kappa shape index (κ1) is 24.6. The van der Waals surface area contributed by atoms with Crippen molar-refractivity contribution in [2.45, 2.75) is 6.54 Å². The van der Waals surface area contributed by atoms with E-state index in [1.807, 2.05) is 0 Å². The van der Waals surface area contributed by atoms with Crippen molar-refractivity contribution >= 4 is 50.5 Å². The van der Waals surface area contributed by atoms with E-state index >= 15 is 0 Å². The van der Waals surface area contributed by atoms with E-state index < -0.39 is 10.0 Å². The lowest BCUT2D eigenvalue weighted by molar-refractivity contribution is 0.102. The number of nitrogens with zero attached hydrogens (tertiary/aromatic N) is 1. The maximum atomic E-state index is 12.6. The van der Waals surface area contributed by atoms with Gasteiger partial charge in [-0.25, -0.2) is 8.42 Å². The van der Waals surface area contributed by atoms with Gasteiger partial charge in [0.1, 0.15) is 12.4 Å². The summed E-state index contributed by atoms with van der Waals surface area (Å²) in [7, 11) is -3.64. The Morgan fingerprint density at radius 2 is 1.79 bits per heavy atom. The first-order valence-corrected chi connectivity index (χ1v) is 12.4. The van der Waals surface area contributed by atoms with Gasteiger partial charge in [0, 0.05) is 17.3 Å². The number of rotatable bonds is 9. The van der Waals surface area contributed by atoms with Gasteiger partial charge in [-0.1, -0.05) is 60.1 Å². The lowest BCUT2D eigenvalue weighted by Crippen LogP contribution is -2.29. The van der Waals surface area contributed by atoms with Crippen LogP contribution in [0.25, 0.3) is 0 Å². The molecule has 3 rings (SSSR count). The number of nitrogens with one attached hydrogen (secondary N) is 1. The molecular formula is C24H22Cl2N2O4S. The number of benzene rings is 3. The van der Waals surface area contributed by atoms with Gasteiger partial charge in [0.2, 0.25) is 10.0 Å². The summed E-state index contributed by atoms with van der Waals surface area (Å²) >= 11 is 12.3. The van der Waals surface area contributed by atoms with E-state index in [-0.39, 0.29) is 28.2 Å². The standard InChI is InChI=1S/C24H22Cl2N2O4S/c1-3-14-32-20-7-4-6-19(15-20)27-24(29)18-12-10-17(11-13-18)16-28(33(2,30)31)22-9-5-8-21(25)23(22)26/h3-13,15H,1,14,16H2,2H3,(H,27,29). The lowest BCUT2D eigenvalue weighted by Gasteiger charge is -2.24. The van der Waals surface area contributed by atoms with Gasteiger partial charge in [-0.2, -0.15) is 0 Å². The van der Waals surface area contributed by atoms with E-state index in [9.17, 15) is 13.2 Å². The molecule has 0 aromatic heterocycles. The Morgan fingerprint density at radius 3 is 2.45 bits per heavy atom. The molecule has 3 aromatic rings. The third kappa shape index (κ3) is 6.51. The number of carbonyl (C=O) groups excluding carboxylic acids is 1. The zero-order valence-electron chi connectivity index (χ0n) is 17.8. The summed E-state index contributed by atoms with van der Waals surface area (Å²) in [4.78, 5) is 12.6. The Kier molecular flexibility index (Phi) is 8.02. The molecule has 0 bridgehead atoms. The molecule has 3 aromatic carbocycles. The van der Waals surface area contributed by atoms with E-state index in [1.165, 1.54) is 4.31 Å². The van der Waals surface area contributed by atoms with Crippen molar-refractivity contribution in [3.63, 3.8) is 0 Å². The minimum atomic E-state index is -3.64. The second-order valence-electron chi connectivity index (χ2n) is 7.12. The Hall–Kier alpha value is -3.00. The van der Waals surface area contributed by atoms with Crippen LogP contribution in [0.1, 0.15) is 15.9 Å². The molecule has 1 amide bonds. The van der Waals surface area contributed by atoms with Crippen molar-refractivity contribution in [1.82, 2.24) is 0 Å². The molecule has 0 spiro atoms. The molecule has 0 fully saturated rings. The van der Waals surface area contributed by atoms with Crippen LogP contribution in [0.4, 0.5) is 11.4 Å². The highest BCUT2D eigenvalue weighted by Gasteiger charge is 2.21. The fourth-order valence-corrected chi connectivity index (χ4v) is 4.36. The smallest absolute Gasteiger partial charge is 0.255 e. The van der Waals surface area contributed by atoms with Crippen LogP contribution in [-0.4, -0.2) is 27.2 Å². The largest absolute Gasteiger partial charge is 0.489 e. The highest BCUT2D eigenvalue weighted by Crippen LogP contribution is 2.34. The molecule has 1 N–H and O–H groups in total. The molecular weight excluding hydrogens is 483 g/mol. The van der Waals surface area contributed by atoms with Gasteiger partial charge in [-0.3, -0.25) is 9.10 Å². The highest BCUT2D eigenvalue weighted by molar-refractivity contribution is 7.92. The number of hydrogen-bond donors (Lipinski definition) is 1. The molecule has 0 heterocycles. The molecule has 172 valence electrons. The highest BCUT2D eigenvalue weighted by atomic mass is 35.5. The number of carbonyl (C=O) groups is 1. The van der Waals surface area contributed by atoms with Crippen LogP contribution in [-0.2, 0) is 16.6 Å². The topological polar surface area (TPSA) is 75.7 Å². The Labute approximate surface area is 203 Å². The quantitative estimate of drug-likeness (QED) is 0.375. The average molecular weight is 505 g/mol. The summed E-state index contributed by atoms with van der Waals surface area (Å²) in [6, 6.07) is 18.5. The van der Waals surface area contributed by atoms with E-state index in [0.29, 0.717) is 29.2 Å². The van der Waals surface area contributed by atoms with Gasteiger partial charge in [-0.15, -0.1) is 0 Å². The molecule has 6 nitrogen and oxygen atoms in total. The molecule has 0 aliphatic heterocycles. The van der Waals surface area contributed by atoms with E-state index in [2.05, 4.69) is 11.9 Å². The molecule has 0 atom stereocenters. The summed E-state index contributed by atoms with van der Waals surface area (Å²) < 4.78 is 31.5. The fourth-order valence-electron chi connectivity index (χ4n) is 3.02. The molecule has 0 unspecified atom stereocenters. The molecule has 0 aliphatic carbocycles. The minimum absolute atomic E-state index is 0.0312. The van der Waals surface area contributed by atoms with E-state index in [4.69, 9.17) is 27.9 Å². The SMILES string of the molecule is C=CCOc1cccc(NC(=O)c2ccc(CN(c3cccc(Cl)c3Cl)S(C)(=O)=O)cc2)c1. The number of halogens is 2. The third-order valence-electron chi connectivity index (χ3n) is 4.60. The number of ether oxygens (including phenoxy) is 1. The predicted octanol–water partition coefficient (Wildman–Crippen LogP) is 5.78. The summed E-state index contributed by atoms with van der Waals surface area (Å²) in [5.41, 5.74) is 1.97. The van der Waals surface area contributed by atoms with Crippen molar-refractivity contribution in [3.8, 4) is 5.75 Å². The van der Waals surface area contributed by atoms with Gasteiger partial charge >= 0.3 is 0 Å². The van der Waals surface area contributed by atoms with Crippen molar-refractivity contribution in [2.75, 3.05) is 22.5 Å². The van der Waals surface area contributed by atoms with Crippen LogP contribution < -0.4 is 14.4 Å². The van der Waals surface area contributed by atoms with Gasteiger partial charge in [0.05, 0.1) is 28.5 Å². The number of sulfonamides is 1. The van der Waals surface area contributed by atoms with Crippen LogP contribution in [0.15, 0.2) is 79.4 Å². The summed E-state index contributed by atoms with van der Waals surface area (Å²) in [6.45, 7) is 4.00. The molecule has 0 aliphatic rings. The van der Waals surface area contributed by atoms with Crippen LogP contribution in [0, 0.1) is 0 Å². The zero-order chi connectivity index (χ0) is 24.0. The van der Waals surface area contributed by atoms with Gasteiger partial charge in [-0.05, 0) is 42.0 Å². The first-order chi connectivity index (χ1) is 15.7. The van der Waals surface area contributed by atoms with Crippen molar-refractivity contribution < 1.29 is 17.9 Å². The summed E-state index contributed by atoms with van der Waals surface area (Å²) in [5, 5.41) is 3.23. The lowest BCUT2D eigenvalue weighted by atomic mass is 10.1. The van der Waals surface area contributed by atoms with Crippen LogP contribution >= 0.6 is 23.2 Å². The number of amides is 1. The second-order valence-corrected chi connectivity index (χ2v) is 9.81. The van der Waals surface area contributed by atoms with Crippen molar-refractivity contribution in [3.05, 3.63) is 101 Å². The van der Waals surface area contributed by atoms with Gasteiger partial charge < -0.3 is 10.1 Å². The predicted molar refractivity (Wildman–Crippen MR) is 134 cm³/mol. The molecule has 0 radical (unpaired) electrons. The monoisotopic (exact) mass is 504 g/mol. The third-order valence-corrected chi connectivity index (χ3v) is 6.54. The number of anilines is 2. The van der Waals surface area contributed by atoms with Crippen LogP contribution in [0.3, 0.4) is 0 Å². The Morgan fingerprint density at radius 1 is 1.09 bits per heavy atom. The second kappa shape index (κ2) is 10.7. The molecule has 9 heteroatoms. The van der Waals surface area contributed by atoms with Gasteiger partial charge in [0.25, 0.3) is 5.91 Å². The van der Waals surface area contributed by atoms with Gasteiger partial charge in [0.15, 0.2) is 0 Å². The van der Waals surface area contributed by atoms with E-state index in [1.54, 1.807) is 72.8 Å². The molecule has 33 heavy (non-hydrogen) atoms. The maximum absolute atomic E-state index is 12.6. The molecule has 0 saturated heterocycles. The average Bonchev–Trinajstić information content (AvgIpc) is 2.78. The number of hydrogen-bond acceptors (Lipinski definition) is 4. The zero-order valence-corrected chi connectivity index (χ0v) is 20.1. The van der Waals surface area contributed by atoms with Crippen molar-refractivity contribution in [2.24, 2.45) is 0 Å². The van der Waals surface area contributed by atoms with E-state index in [0.717, 1.165) is 6.26 Å². The van der Waals surface area contributed by atoms with Crippen LogP contribution in [0.5, 0.6) is 5.75 Å². The normalized spacial score (nSPS) is 11.0. The summed E-state index contributed by atoms with van der Waals surface area (Å²) in [5.74, 6) is 0.309. The maximum Gasteiger partial charge on any atom is 0.255 e. The first-order valence-electron chi connectivity index (χ1n) is 9.85. The summed E-state index contributed by atoms with van der Waals surface area (Å²) in [6.07, 6.45) is 2.73. The van der Waals surface area contributed by atoms with Crippen molar-refractivity contribution in [1.29, 1.82) is 0 Å². The Balaban J connectivity index is 1.75.